The maximum atomic E-state index is 5.81. The fourth-order valence-electron chi connectivity index (χ4n) is 2.35. The SMILES string of the molecule is CC(=CCn1ccnc1)Cc1ccc(Oc2ccccc2)cc1. The highest BCUT2D eigenvalue weighted by Crippen LogP contribution is 2.21. The first-order valence-corrected chi connectivity index (χ1v) is 7.73. The van der Waals surface area contributed by atoms with Gasteiger partial charge in [0.2, 0.25) is 0 Å². The fraction of sp³-hybridized carbons (Fsp3) is 0.150. The van der Waals surface area contributed by atoms with E-state index in [0.29, 0.717) is 0 Å². The number of nitrogens with zero attached hydrogens (tertiary/aromatic N) is 2. The highest BCUT2D eigenvalue weighted by molar-refractivity contribution is 5.34. The predicted molar refractivity (Wildman–Crippen MR) is 92.6 cm³/mol. The molecule has 0 saturated heterocycles. The van der Waals surface area contributed by atoms with Crippen molar-refractivity contribution in [2.75, 3.05) is 0 Å². The topological polar surface area (TPSA) is 27.1 Å². The van der Waals surface area contributed by atoms with Crippen LogP contribution in [0.3, 0.4) is 0 Å². The Morgan fingerprint density at radius 2 is 1.78 bits per heavy atom. The van der Waals surface area contributed by atoms with Gasteiger partial charge in [-0.2, -0.15) is 0 Å². The van der Waals surface area contributed by atoms with Gasteiger partial charge in [-0.25, -0.2) is 4.98 Å². The Balaban J connectivity index is 1.57. The molecular formula is C20H20N2O. The van der Waals surface area contributed by atoms with E-state index in [4.69, 9.17) is 4.74 Å². The molecular weight excluding hydrogens is 284 g/mol. The van der Waals surface area contributed by atoms with Gasteiger partial charge in [0.15, 0.2) is 0 Å². The third kappa shape index (κ3) is 4.58. The summed E-state index contributed by atoms with van der Waals surface area (Å²) in [6.07, 6.45) is 8.78. The Bertz CT molecular complexity index is 744. The molecule has 2 aromatic carbocycles. The lowest BCUT2D eigenvalue weighted by Crippen LogP contribution is -1.93. The summed E-state index contributed by atoms with van der Waals surface area (Å²) < 4.78 is 7.87. The van der Waals surface area contributed by atoms with Crippen molar-refractivity contribution in [1.29, 1.82) is 0 Å². The van der Waals surface area contributed by atoms with Gasteiger partial charge < -0.3 is 9.30 Å². The molecule has 116 valence electrons. The van der Waals surface area contributed by atoms with E-state index < -0.39 is 0 Å². The molecule has 0 amide bonds. The minimum atomic E-state index is 0.858. The van der Waals surface area contributed by atoms with Gasteiger partial charge in [0, 0.05) is 18.9 Å². The number of hydrogen-bond donors (Lipinski definition) is 0. The van der Waals surface area contributed by atoms with Crippen molar-refractivity contribution in [3.05, 3.63) is 90.5 Å². The molecule has 3 heteroatoms. The monoisotopic (exact) mass is 304 g/mol. The molecule has 0 atom stereocenters. The van der Waals surface area contributed by atoms with Crippen molar-refractivity contribution in [2.24, 2.45) is 0 Å². The molecule has 0 unspecified atom stereocenters. The molecule has 0 aliphatic heterocycles. The van der Waals surface area contributed by atoms with E-state index in [2.05, 4.69) is 34.7 Å². The van der Waals surface area contributed by atoms with E-state index in [1.54, 1.807) is 6.20 Å². The van der Waals surface area contributed by atoms with Crippen molar-refractivity contribution < 1.29 is 4.74 Å². The standard InChI is InChI=1S/C20H20N2O/c1-17(11-13-22-14-12-21-16-22)15-18-7-9-20(10-8-18)23-19-5-3-2-4-6-19/h2-12,14,16H,13,15H2,1H3. The zero-order valence-electron chi connectivity index (χ0n) is 13.2. The van der Waals surface area contributed by atoms with Crippen LogP contribution in [0, 0.1) is 0 Å². The maximum Gasteiger partial charge on any atom is 0.127 e. The van der Waals surface area contributed by atoms with Gasteiger partial charge in [-0.15, -0.1) is 0 Å². The molecule has 1 aromatic heterocycles. The van der Waals surface area contributed by atoms with Crippen LogP contribution in [-0.4, -0.2) is 9.55 Å². The first-order chi connectivity index (χ1) is 11.3. The molecule has 0 spiro atoms. The molecule has 23 heavy (non-hydrogen) atoms. The van der Waals surface area contributed by atoms with Gasteiger partial charge in [-0.1, -0.05) is 42.0 Å². The molecule has 3 nitrogen and oxygen atoms in total. The van der Waals surface area contributed by atoms with Crippen LogP contribution in [0.5, 0.6) is 11.5 Å². The van der Waals surface area contributed by atoms with Crippen molar-refractivity contribution in [3.8, 4) is 11.5 Å². The van der Waals surface area contributed by atoms with E-state index >= 15 is 0 Å². The number of hydrogen-bond acceptors (Lipinski definition) is 2. The largest absolute Gasteiger partial charge is 0.457 e. The number of allylic oxidation sites excluding steroid dienone is 2. The van der Waals surface area contributed by atoms with E-state index in [0.717, 1.165) is 24.5 Å². The second-order valence-electron chi connectivity index (χ2n) is 5.55. The minimum Gasteiger partial charge on any atom is -0.457 e. The number of imidazole rings is 1. The molecule has 0 bridgehead atoms. The summed E-state index contributed by atoms with van der Waals surface area (Å²) >= 11 is 0. The van der Waals surface area contributed by atoms with Crippen LogP contribution in [0.4, 0.5) is 0 Å². The molecule has 0 N–H and O–H groups in total. The first kappa shape index (κ1) is 15.1. The van der Waals surface area contributed by atoms with Gasteiger partial charge >= 0.3 is 0 Å². The van der Waals surface area contributed by atoms with E-state index in [9.17, 15) is 0 Å². The summed E-state index contributed by atoms with van der Waals surface area (Å²) in [4.78, 5) is 4.05. The number of para-hydroxylation sites is 1. The first-order valence-electron chi connectivity index (χ1n) is 7.73. The zero-order valence-corrected chi connectivity index (χ0v) is 13.2. The predicted octanol–water partition coefficient (Wildman–Crippen LogP) is 4.86. The Morgan fingerprint density at radius 1 is 1.04 bits per heavy atom. The van der Waals surface area contributed by atoms with Gasteiger partial charge in [0.25, 0.3) is 0 Å². The van der Waals surface area contributed by atoms with Crippen LogP contribution in [0.25, 0.3) is 0 Å². The van der Waals surface area contributed by atoms with E-state index in [1.807, 2.05) is 55.0 Å². The molecule has 0 saturated carbocycles. The highest BCUT2D eigenvalue weighted by Gasteiger charge is 1.99. The molecule has 0 fully saturated rings. The lowest BCUT2D eigenvalue weighted by Gasteiger charge is -2.07. The lowest BCUT2D eigenvalue weighted by atomic mass is 10.1. The van der Waals surface area contributed by atoms with Crippen molar-refractivity contribution in [1.82, 2.24) is 9.55 Å². The van der Waals surface area contributed by atoms with Gasteiger partial charge in [0.1, 0.15) is 11.5 Å². The normalized spacial score (nSPS) is 11.4. The summed E-state index contributed by atoms with van der Waals surface area (Å²) in [6.45, 7) is 3.02. The maximum absolute atomic E-state index is 5.81. The van der Waals surface area contributed by atoms with Gasteiger partial charge in [0.05, 0.1) is 6.33 Å². The van der Waals surface area contributed by atoms with Crippen LogP contribution in [0.15, 0.2) is 85.0 Å². The Kier molecular flexibility index (Phi) is 4.89. The molecule has 0 radical (unpaired) electrons. The van der Waals surface area contributed by atoms with Crippen LogP contribution in [0.2, 0.25) is 0 Å². The van der Waals surface area contributed by atoms with Gasteiger partial charge in [-0.3, -0.25) is 0 Å². The molecule has 0 aliphatic rings. The lowest BCUT2D eigenvalue weighted by molar-refractivity contribution is 0.482. The second-order valence-corrected chi connectivity index (χ2v) is 5.55. The van der Waals surface area contributed by atoms with Crippen LogP contribution in [-0.2, 0) is 13.0 Å². The molecule has 3 rings (SSSR count). The van der Waals surface area contributed by atoms with Crippen LogP contribution in [0.1, 0.15) is 12.5 Å². The number of aromatic nitrogens is 2. The highest BCUT2D eigenvalue weighted by atomic mass is 16.5. The average molecular weight is 304 g/mol. The van der Waals surface area contributed by atoms with Crippen LogP contribution < -0.4 is 4.74 Å². The summed E-state index contributed by atoms with van der Waals surface area (Å²) in [5.41, 5.74) is 2.63. The third-order valence-electron chi connectivity index (χ3n) is 3.59. The second kappa shape index (κ2) is 7.45. The molecule has 1 heterocycles. The fourth-order valence-corrected chi connectivity index (χ4v) is 2.35. The third-order valence-corrected chi connectivity index (χ3v) is 3.59. The summed E-state index contributed by atoms with van der Waals surface area (Å²) in [5, 5.41) is 0. The minimum absolute atomic E-state index is 0.858. The number of rotatable bonds is 6. The zero-order chi connectivity index (χ0) is 15.9. The van der Waals surface area contributed by atoms with Gasteiger partial charge in [-0.05, 0) is 43.2 Å². The summed E-state index contributed by atoms with van der Waals surface area (Å²) in [5.74, 6) is 1.72. The summed E-state index contributed by atoms with van der Waals surface area (Å²) in [7, 11) is 0. The van der Waals surface area contributed by atoms with E-state index in [-0.39, 0.29) is 0 Å². The Labute approximate surface area is 136 Å². The molecule has 0 aliphatic carbocycles. The quantitative estimate of drug-likeness (QED) is 0.608. The molecule has 3 aromatic rings. The van der Waals surface area contributed by atoms with Crippen molar-refractivity contribution >= 4 is 0 Å². The number of benzene rings is 2. The Hall–Kier alpha value is -2.81. The van der Waals surface area contributed by atoms with Crippen molar-refractivity contribution in [3.63, 3.8) is 0 Å². The Morgan fingerprint density at radius 3 is 2.48 bits per heavy atom. The average Bonchev–Trinajstić information content (AvgIpc) is 3.09. The summed E-state index contributed by atoms with van der Waals surface area (Å²) in [6, 6.07) is 18.1. The number of ether oxygens (including phenoxy) is 1. The van der Waals surface area contributed by atoms with Crippen molar-refractivity contribution in [2.45, 2.75) is 19.9 Å². The van der Waals surface area contributed by atoms with E-state index in [1.165, 1.54) is 11.1 Å². The smallest absolute Gasteiger partial charge is 0.127 e. The van der Waals surface area contributed by atoms with Crippen LogP contribution >= 0.6 is 0 Å².